The minimum absolute atomic E-state index is 0.506. The molecule has 0 aromatic heterocycles. The lowest BCUT2D eigenvalue weighted by Crippen LogP contribution is -2.20. The van der Waals surface area contributed by atoms with E-state index in [9.17, 15) is 0 Å². The Balaban J connectivity index is 2.52. The number of nitrogens with one attached hydrogen (secondary N) is 1. The van der Waals surface area contributed by atoms with Crippen LogP contribution in [-0.4, -0.2) is 19.6 Å². The van der Waals surface area contributed by atoms with Crippen molar-refractivity contribution in [1.82, 2.24) is 0 Å². The van der Waals surface area contributed by atoms with Crippen molar-refractivity contribution in [2.45, 2.75) is 26.3 Å². The summed E-state index contributed by atoms with van der Waals surface area (Å²) in [6.45, 7) is 5.33. The first-order valence-corrected chi connectivity index (χ1v) is 5.73. The zero-order chi connectivity index (χ0) is 11.0. The van der Waals surface area contributed by atoms with E-state index >= 15 is 0 Å². The number of rotatable bonds is 0. The molecule has 1 aromatic rings. The Hall–Kier alpha value is -0.890. The van der Waals surface area contributed by atoms with Crippen LogP contribution >= 0.6 is 11.6 Å². The van der Waals surface area contributed by atoms with Crippen LogP contribution in [0.4, 0.5) is 11.4 Å². The molecule has 0 fully saturated rings. The SMILES string of the molecule is Cc1cc(Cl)c2c(c1)NC(C)CCN2C. The van der Waals surface area contributed by atoms with Crippen molar-refractivity contribution in [2.24, 2.45) is 0 Å². The lowest BCUT2D eigenvalue weighted by molar-refractivity contribution is 0.711. The Morgan fingerprint density at radius 3 is 2.93 bits per heavy atom. The van der Waals surface area contributed by atoms with Gasteiger partial charge in [-0.3, -0.25) is 0 Å². The van der Waals surface area contributed by atoms with E-state index in [1.54, 1.807) is 0 Å². The second-order valence-corrected chi connectivity index (χ2v) is 4.81. The molecule has 1 aliphatic heterocycles. The molecule has 1 aromatic carbocycles. The van der Waals surface area contributed by atoms with Gasteiger partial charge in [0, 0.05) is 19.6 Å². The van der Waals surface area contributed by atoms with Crippen molar-refractivity contribution >= 4 is 23.0 Å². The molecule has 1 atom stereocenters. The molecular formula is C12H17ClN2. The van der Waals surface area contributed by atoms with Crippen molar-refractivity contribution in [2.75, 3.05) is 23.8 Å². The van der Waals surface area contributed by atoms with E-state index in [0.29, 0.717) is 6.04 Å². The van der Waals surface area contributed by atoms with Crippen molar-refractivity contribution in [1.29, 1.82) is 0 Å². The van der Waals surface area contributed by atoms with Gasteiger partial charge in [-0.05, 0) is 38.0 Å². The zero-order valence-corrected chi connectivity index (χ0v) is 10.2. The van der Waals surface area contributed by atoms with Crippen LogP contribution in [0.3, 0.4) is 0 Å². The summed E-state index contributed by atoms with van der Waals surface area (Å²) in [5, 5.41) is 4.35. The number of halogens is 1. The molecule has 3 heteroatoms. The third-order valence-electron chi connectivity index (χ3n) is 2.89. The molecule has 0 aliphatic carbocycles. The molecular weight excluding hydrogens is 208 g/mol. The number of benzene rings is 1. The smallest absolute Gasteiger partial charge is 0.0788 e. The number of aryl methyl sites for hydroxylation is 1. The van der Waals surface area contributed by atoms with Gasteiger partial charge in [0.2, 0.25) is 0 Å². The van der Waals surface area contributed by atoms with Gasteiger partial charge in [0.05, 0.1) is 16.4 Å². The molecule has 82 valence electrons. The van der Waals surface area contributed by atoms with E-state index in [-0.39, 0.29) is 0 Å². The maximum Gasteiger partial charge on any atom is 0.0788 e. The first kappa shape index (κ1) is 10.6. The average molecular weight is 225 g/mol. The van der Waals surface area contributed by atoms with E-state index in [2.05, 4.69) is 37.2 Å². The van der Waals surface area contributed by atoms with Crippen molar-refractivity contribution in [3.05, 3.63) is 22.7 Å². The second-order valence-electron chi connectivity index (χ2n) is 4.40. The van der Waals surface area contributed by atoms with Crippen LogP contribution in [0, 0.1) is 6.92 Å². The molecule has 2 rings (SSSR count). The number of nitrogens with zero attached hydrogens (tertiary/aromatic N) is 1. The van der Waals surface area contributed by atoms with E-state index < -0.39 is 0 Å². The number of anilines is 2. The van der Waals surface area contributed by atoms with Gasteiger partial charge in [0.25, 0.3) is 0 Å². The normalized spacial score (nSPS) is 20.5. The summed E-state index contributed by atoms with van der Waals surface area (Å²) in [5.41, 5.74) is 3.49. The number of fused-ring (bicyclic) bond motifs is 1. The maximum atomic E-state index is 6.28. The summed E-state index contributed by atoms with van der Waals surface area (Å²) in [7, 11) is 2.10. The molecule has 0 amide bonds. The quantitative estimate of drug-likeness (QED) is 0.728. The van der Waals surface area contributed by atoms with Crippen LogP contribution in [-0.2, 0) is 0 Å². The lowest BCUT2D eigenvalue weighted by atomic mass is 10.1. The Labute approximate surface area is 96.2 Å². The molecule has 15 heavy (non-hydrogen) atoms. The Bertz CT molecular complexity index is 376. The fraction of sp³-hybridized carbons (Fsp3) is 0.500. The molecule has 0 bridgehead atoms. The Kier molecular flexibility index (Phi) is 2.79. The molecule has 1 N–H and O–H groups in total. The minimum Gasteiger partial charge on any atom is -0.381 e. The zero-order valence-electron chi connectivity index (χ0n) is 9.47. The Morgan fingerprint density at radius 1 is 1.47 bits per heavy atom. The van der Waals surface area contributed by atoms with Crippen LogP contribution in [0.25, 0.3) is 0 Å². The highest BCUT2D eigenvalue weighted by atomic mass is 35.5. The van der Waals surface area contributed by atoms with Crippen LogP contribution < -0.4 is 10.2 Å². The summed E-state index contributed by atoms with van der Waals surface area (Å²) in [4.78, 5) is 2.23. The average Bonchev–Trinajstić information content (AvgIpc) is 2.25. The molecule has 1 aliphatic rings. The summed E-state index contributed by atoms with van der Waals surface area (Å²) in [5.74, 6) is 0. The van der Waals surface area contributed by atoms with Gasteiger partial charge in [-0.1, -0.05) is 11.6 Å². The van der Waals surface area contributed by atoms with Gasteiger partial charge in [0.1, 0.15) is 0 Å². The van der Waals surface area contributed by atoms with Crippen molar-refractivity contribution in [3.8, 4) is 0 Å². The predicted molar refractivity (Wildman–Crippen MR) is 67.2 cm³/mol. The van der Waals surface area contributed by atoms with Gasteiger partial charge in [-0.25, -0.2) is 0 Å². The second kappa shape index (κ2) is 3.93. The topological polar surface area (TPSA) is 15.3 Å². The molecule has 0 saturated heterocycles. The molecule has 1 heterocycles. The standard InChI is InChI=1S/C12H17ClN2/c1-8-6-10(13)12-11(7-8)14-9(2)4-5-15(12)3/h6-7,9,14H,4-5H2,1-3H3. The minimum atomic E-state index is 0.506. The van der Waals surface area contributed by atoms with Gasteiger partial charge >= 0.3 is 0 Å². The third-order valence-corrected chi connectivity index (χ3v) is 3.18. The van der Waals surface area contributed by atoms with Crippen LogP contribution in [0.2, 0.25) is 5.02 Å². The summed E-state index contributed by atoms with van der Waals surface area (Å²) in [6.07, 6.45) is 1.14. The van der Waals surface area contributed by atoms with Gasteiger partial charge < -0.3 is 10.2 Å². The predicted octanol–water partition coefficient (Wildman–Crippen LogP) is 3.29. The molecule has 2 nitrogen and oxygen atoms in total. The summed E-state index contributed by atoms with van der Waals surface area (Å²) in [6, 6.07) is 4.69. The Morgan fingerprint density at radius 2 is 2.20 bits per heavy atom. The summed E-state index contributed by atoms with van der Waals surface area (Å²) >= 11 is 6.28. The molecule has 1 unspecified atom stereocenters. The number of hydrogen-bond acceptors (Lipinski definition) is 2. The fourth-order valence-corrected chi connectivity index (χ4v) is 2.49. The van der Waals surface area contributed by atoms with Gasteiger partial charge in [-0.2, -0.15) is 0 Å². The monoisotopic (exact) mass is 224 g/mol. The lowest BCUT2D eigenvalue weighted by Gasteiger charge is -2.20. The first-order valence-electron chi connectivity index (χ1n) is 5.36. The summed E-state index contributed by atoms with van der Waals surface area (Å²) < 4.78 is 0. The largest absolute Gasteiger partial charge is 0.381 e. The first-order chi connectivity index (χ1) is 7.08. The van der Waals surface area contributed by atoms with Gasteiger partial charge in [-0.15, -0.1) is 0 Å². The molecule has 0 radical (unpaired) electrons. The molecule has 0 spiro atoms. The van der Waals surface area contributed by atoms with Crippen LogP contribution in [0.1, 0.15) is 18.9 Å². The molecule has 0 saturated carbocycles. The van der Waals surface area contributed by atoms with Crippen molar-refractivity contribution < 1.29 is 0 Å². The van der Waals surface area contributed by atoms with Crippen molar-refractivity contribution in [3.63, 3.8) is 0 Å². The van der Waals surface area contributed by atoms with Crippen LogP contribution in [0.15, 0.2) is 12.1 Å². The maximum absolute atomic E-state index is 6.28. The highest BCUT2D eigenvalue weighted by Crippen LogP contribution is 2.36. The van der Waals surface area contributed by atoms with E-state index in [1.807, 2.05) is 6.07 Å². The van der Waals surface area contributed by atoms with E-state index in [4.69, 9.17) is 11.6 Å². The van der Waals surface area contributed by atoms with E-state index in [1.165, 1.54) is 5.56 Å². The van der Waals surface area contributed by atoms with Crippen LogP contribution in [0.5, 0.6) is 0 Å². The highest BCUT2D eigenvalue weighted by molar-refractivity contribution is 6.34. The third kappa shape index (κ3) is 2.05. The fourth-order valence-electron chi connectivity index (χ4n) is 2.07. The number of hydrogen-bond donors (Lipinski definition) is 1. The van der Waals surface area contributed by atoms with E-state index in [0.717, 1.165) is 29.4 Å². The van der Waals surface area contributed by atoms with Gasteiger partial charge in [0.15, 0.2) is 0 Å². The highest BCUT2D eigenvalue weighted by Gasteiger charge is 2.18.